The third-order valence-electron chi connectivity index (χ3n) is 6.09. The van der Waals surface area contributed by atoms with Gasteiger partial charge >= 0.3 is 0 Å². The first kappa shape index (κ1) is 21.2. The summed E-state index contributed by atoms with van der Waals surface area (Å²) in [5, 5.41) is 0.613. The van der Waals surface area contributed by atoms with E-state index in [1.807, 2.05) is 25.4 Å². The molecule has 166 valence electrons. The van der Waals surface area contributed by atoms with Crippen LogP contribution in [0, 0.1) is 13.8 Å². The van der Waals surface area contributed by atoms with E-state index in [1.54, 1.807) is 6.20 Å². The predicted molar refractivity (Wildman–Crippen MR) is 125 cm³/mol. The molecule has 5 heterocycles. The zero-order chi connectivity index (χ0) is 22.1. The van der Waals surface area contributed by atoms with Crippen LogP contribution in [0.15, 0.2) is 30.7 Å². The average molecular weight is 451 g/mol. The third kappa shape index (κ3) is 4.46. The zero-order valence-electron chi connectivity index (χ0n) is 18.5. The normalized spacial score (nSPS) is 16.8. The molecule has 3 aromatic rings. The van der Waals surface area contributed by atoms with E-state index in [0.29, 0.717) is 5.02 Å². The van der Waals surface area contributed by atoms with E-state index in [0.717, 1.165) is 97.6 Å². The van der Waals surface area contributed by atoms with Crippen LogP contribution >= 0.6 is 11.6 Å². The lowest BCUT2D eigenvalue weighted by Crippen LogP contribution is -2.36. The van der Waals surface area contributed by atoms with Crippen LogP contribution in [-0.2, 0) is 24.2 Å². The number of pyridine rings is 2. The highest BCUT2D eigenvalue weighted by Gasteiger charge is 2.22. The maximum Gasteiger partial charge on any atom is 0.142 e. The number of hydrogen-bond acceptors (Lipinski definition) is 7. The molecule has 0 atom stereocenters. The standard InChI is InChI=1S/C24H27ClN6O/c1-16-9-17(2)24(28-11-16)19-10-23(27-13-20(19)25)31-4-3-21-18(14-31)12-26-22(29-21)15-30-5-7-32-8-6-30/h9-13H,3-8,14-15H2,1-2H3. The molecule has 7 nitrogen and oxygen atoms in total. The minimum atomic E-state index is 0.613. The number of morpholine rings is 1. The molecule has 0 aliphatic carbocycles. The van der Waals surface area contributed by atoms with E-state index in [2.05, 4.69) is 37.7 Å². The van der Waals surface area contributed by atoms with Gasteiger partial charge in [0.2, 0.25) is 0 Å². The number of aryl methyl sites for hydroxylation is 2. The Hall–Kier alpha value is -2.61. The lowest BCUT2D eigenvalue weighted by molar-refractivity contribution is 0.0330. The minimum absolute atomic E-state index is 0.613. The smallest absolute Gasteiger partial charge is 0.142 e. The van der Waals surface area contributed by atoms with Gasteiger partial charge in [-0.1, -0.05) is 17.7 Å². The first-order chi connectivity index (χ1) is 15.6. The molecule has 0 saturated carbocycles. The van der Waals surface area contributed by atoms with Gasteiger partial charge in [0.15, 0.2) is 0 Å². The Morgan fingerprint density at radius 1 is 1.00 bits per heavy atom. The molecular weight excluding hydrogens is 424 g/mol. The van der Waals surface area contributed by atoms with Crippen LogP contribution in [0.1, 0.15) is 28.2 Å². The van der Waals surface area contributed by atoms with Crippen molar-refractivity contribution in [3.63, 3.8) is 0 Å². The number of nitrogens with zero attached hydrogens (tertiary/aromatic N) is 6. The van der Waals surface area contributed by atoms with Gasteiger partial charge in [0, 0.05) is 62.3 Å². The summed E-state index contributed by atoms with van der Waals surface area (Å²) in [6, 6.07) is 4.17. The van der Waals surface area contributed by atoms with Gasteiger partial charge in [-0.2, -0.15) is 0 Å². The molecule has 2 aliphatic rings. The molecule has 32 heavy (non-hydrogen) atoms. The van der Waals surface area contributed by atoms with Crippen LogP contribution in [0.25, 0.3) is 11.3 Å². The highest BCUT2D eigenvalue weighted by atomic mass is 35.5. The summed E-state index contributed by atoms with van der Waals surface area (Å²) in [4.78, 5) is 23.3. The van der Waals surface area contributed by atoms with Crippen molar-refractivity contribution in [2.45, 2.75) is 33.4 Å². The van der Waals surface area contributed by atoms with Gasteiger partial charge in [-0.05, 0) is 31.0 Å². The minimum Gasteiger partial charge on any atom is -0.379 e. The Kier molecular flexibility index (Phi) is 6.04. The molecule has 1 fully saturated rings. The second-order valence-corrected chi connectivity index (χ2v) is 8.93. The van der Waals surface area contributed by atoms with Gasteiger partial charge in [0.05, 0.1) is 36.2 Å². The molecule has 8 heteroatoms. The highest BCUT2D eigenvalue weighted by molar-refractivity contribution is 6.33. The third-order valence-corrected chi connectivity index (χ3v) is 6.39. The van der Waals surface area contributed by atoms with Crippen LogP contribution in [0.2, 0.25) is 5.02 Å². The summed E-state index contributed by atoms with van der Waals surface area (Å²) in [6.07, 6.45) is 6.45. The van der Waals surface area contributed by atoms with Crippen LogP contribution in [0.5, 0.6) is 0 Å². The van der Waals surface area contributed by atoms with Gasteiger partial charge in [0.1, 0.15) is 11.6 Å². The van der Waals surface area contributed by atoms with Gasteiger partial charge in [-0.25, -0.2) is 15.0 Å². The first-order valence-electron chi connectivity index (χ1n) is 11.0. The lowest BCUT2D eigenvalue weighted by atomic mass is 10.0. The number of ether oxygens (including phenoxy) is 1. The molecular formula is C24H27ClN6O. The van der Waals surface area contributed by atoms with E-state index in [1.165, 1.54) is 0 Å². The predicted octanol–water partition coefficient (Wildman–Crippen LogP) is 3.60. The number of aromatic nitrogens is 4. The fourth-order valence-electron chi connectivity index (χ4n) is 4.37. The van der Waals surface area contributed by atoms with Crippen molar-refractivity contribution in [2.24, 2.45) is 0 Å². The van der Waals surface area contributed by atoms with Crippen molar-refractivity contribution in [3.8, 4) is 11.3 Å². The molecule has 0 bridgehead atoms. The van der Waals surface area contributed by atoms with Gasteiger partial charge in [-0.15, -0.1) is 0 Å². The van der Waals surface area contributed by atoms with Gasteiger partial charge in [0.25, 0.3) is 0 Å². The summed E-state index contributed by atoms with van der Waals surface area (Å²) >= 11 is 6.51. The molecule has 0 aromatic carbocycles. The quantitative estimate of drug-likeness (QED) is 0.601. The summed E-state index contributed by atoms with van der Waals surface area (Å²) in [7, 11) is 0. The van der Waals surface area contributed by atoms with E-state index >= 15 is 0 Å². The number of halogens is 1. The molecule has 0 spiro atoms. The fraction of sp³-hybridized carbons (Fsp3) is 0.417. The second-order valence-electron chi connectivity index (χ2n) is 8.52. The summed E-state index contributed by atoms with van der Waals surface area (Å²) < 4.78 is 5.43. The van der Waals surface area contributed by atoms with Crippen molar-refractivity contribution in [1.29, 1.82) is 0 Å². The van der Waals surface area contributed by atoms with Gasteiger partial charge in [-0.3, -0.25) is 9.88 Å². The van der Waals surface area contributed by atoms with Crippen molar-refractivity contribution >= 4 is 17.4 Å². The average Bonchev–Trinajstić information content (AvgIpc) is 2.80. The van der Waals surface area contributed by atoms with Crippen LogP contribution in [0.4, 0.5) is 5.82 Å². The Bertz CT molecular complexity index is 1130. The lowest BCUT2D eigenvalue weighted by Gasteiger charge is -2.30. The van der Waals surface area contributed by atoms with E-state index in [9.17, 15) is 0 Å². The Morgan fingerprint density at radius 3 is 2.66 bits per heavy atom. The SMILES string of the molecule is Cc1cnc(-c2cc(N3CCc4nc(CN5CCOCC5)ncc4C3)ncc2Cl)c(C)c1. The molecule has 0 amide bonds. The molecule has 5 rings (SSSR count). The van der Waals surface area contributed by atoms with Crippen molar-refractivity contribution < 1.29 is 4.74 Å². The van der Waals surface area contributed by atoms with Crippen molar-refractivity contribution in [3.05, 3.63) is 64.0 Å². The van der Waals surface area contributed by atoms with E-state index in [4.69, 9.17) is 21.3 Å². The molecule has 2 aliphatic heterocycles. The number of fused-ring (bicyclic) bond motifs is 1. The Morgan fingerprint density at radius 2 is 1.84 bits per heavy atom. The molecule has 3 aromatic heterocycles. The maximum atomic E-state index is 6.51. The second kappa shape index (κ2) is 9.10. The molecule has 1 saturated heterocycles. The molecule has 0 unspecified atom stereocenters. The van der Waals surface area contributed by atoms with Crippen molar-refractivity contribution in [1.82, 2.24) is 24.8 Å². The first-order valence-corrected chi connectivity index (χ1v) is 11.4. The monoisotopic (exact) mass is 450 g/mol. The van der Waals surface area contributed by atoms with Crippen molar-refractivity contribution in [2.75, 3.05) is 37.7 Å². The molecule has 0 radical (unpaired) electrons. The van der Waals surface area contributed by atoms with E-state index in [-0.39, 0.29) is 0 Å². The number of anilines is 1. The fourth-order valence-corrected chi connectivity index (χ4v) is 4.56. The highest BCUT2D eigenvalue weighted by Crippen LogP contribution is 2.32. The van der Waals surface area contributed by atoms with E-state index < -0.39 is 0 Å². The Balaban J connectivity index is 1.35. The topological polar surface area (TPSA) is 67.3 Å². The largest absolute Gasteiger partial charge is 0.379 e. The maximum absolute atomic E-state index is 6.51. The summed E-state index contributed by atoms with van der Waals surface area (Å²) in [6.45, 7) is 9.93. The molecule has 0 N–H and O–H groups in total. The van der Waals surface area contributed by atoms with Gasteiger partial charge < -0.3 is 9.64 Å². The number of hydrogen-bond donors (Lipinski definition) is 0. The van der Waals surface area contributed by atoms with Crippen LogP contribution in [-0.4, -0.2) is 57.7 Å². The summed E-state index contributed by atoms with van der Waals surface area (Å²) in [5.74, 6) is 1.79. The van der Waals surface area contributed by atoms with Crippen LogP contribution in [0.3, 0.4) is 0 Å². The Labute approximate surface area is 193 Å². The zero-order valence-corrected chi connectivity index (χ0v) is 19.3. The number of rotatable bonds is 4. The van der Waals surface area contributed by atoms with Crippen LogP contribution < -0.4 is 4.90 Å². The summed E-state index contributed by atoms with van der Waals surface area (Å²) in [5.41, 5.74) is 6.36.